The maximum absolute atomic E-state index is 11.2. The molecule has 4 nitrogen and oxygen atoms in total. The summed E-state index contributed by atoms with van der Waals surface area (Å²) >= 11 is 1.46. The summed E-state index contributed by atoms with van der Waals surface area (Å²) in [6, 6.07) is 0. The van der Waals surface area contributed by atoms with Gasteiger partial charge >= 0.3 is 6.09 Å². The van der Waals surface area contributed by atoms with Gasteiger partial charge in [0.1, 0.15) is 5.60 Å². The zero-order valence-electron chi connectivity index (χ0n) is 9.53. The number of rotatable bonds is 1. The van der Waals surface area contributed by atoms with Gasteiger partial charge < -0.3 is 10.1 Å². The molecule has 0 spiro atoms. The van der Waals surface area contributed by atoms with Crippen molar-refractivity contribution in [3.8, 4) is 11.8 Å². The first-order valence-corrected chi connectivity index (χ1v) is 5.70. The Bertz CT molecular complexity index is 396. The van der Waals surface area contributed by atoms with Crippen LogP contribution in [-0.4, -0.2) is 23.2 Å². The van der Waals surface area contributed by atoms with E-state index in [0.29, 0.717) is 0 Å². The van der Waals surface area contributed by atoms with Crippen molar-refractivity contribution in [1.82, 2.24) is 10.3 Å². The molecule has 0 aliphatic carbocycles. The minimum Gasteiger partial charge on any atom is -0.444 e. The number of carbonyl (C=O) groups is 1. The van der Waals surface area contributed by atoms with E-state index in [1.807, 2.05) is 26.2 Å². The highest BCUT2D eigenvalue weighted by Crippen LogP contribution is 2.06. The van der Waals surface area contributed by atoms with Crippen LogP contribution in [0, 0.1) is 11.8 Å². The quantitative estimate of drug-likeness (QED) is 0.761. The van der Waals surface area contributed by atoms with Gasteiger partial charge in [-0.3, -0.25) is 0 Å². The van der Waals surface area contributed by atoms with Gasteiger partial charge in [0.05, 0.1) is 6.54 Å². The van der Waals surface area contributed by atoms with Crippen molar-refractivity contribution in [3.63, 3.8) is 0 Å². The molecule has 0 saturated carbocycles. The first-order chi connectivity index (χ1) is 7.47. The Labute approximate surface area is 99.0 Å². The minimum atomic E-state index is -0.479. The number of hydrogen-bond acceptors (Lipinski definition) is 4. The summed E-state index contributed by atoms with van der Waals surface area (Å²) in [4.78, 5) is 15.2. The van der Waals surface area contributed by atoms with E-state index in [9.17, 15) is 4.79 Å². The van der Waals surface area contributed by atoms with Crippen LogP contribution in [0.2, 0.25) is 0 Å². The van der Waals surface area contributed by atoms with Crippen LogP contribution in [0.25, 0.3) is 0 Å². The van der Waals surface area contributed by atoms with Gasteiger partial charge in [-0.2, -0.15) is 0 Å². The van der Waals surface area contributed by atoms with E-state index in [1.165, 1.54) is 11.3 Å². The summed E-state index contributed by atoms with van der Waals surface area (Å²) in [7, 11) is 0. The van der Waals surface area contributed by atoms with Crippen molar-refractivity contribution < 1.29 is 9.53 Å². The van der Waals surface area contributed by atoms with Crippen molar-refractivity contribution in [2.24, 2.45) is 0 Å². The van der Waals surface area contributed by atoms with E-state index >= 15 is 0 Å². The van der Waals surface area contributed by atoms with Gasteiger partial charge in [-0.05, 0) is 26.7 Å². The Balaban J connectivity index is 2.28. The fraction of sp³-hybridized carbons (Fsp3) is 0.455. The number of thiazole rings is 1. The van der Waals surface area contributed by atoms with Crippen LogP contribution < -0.4 is 5.32 Å². The monoisotopic (exact) mass is 238 g/mol. The fourth-order valence-electron chi connectivity index (χ4n) is 0.836. The lowest BCUT2D eigenvalue weighted by Gasteiger charge is -2.18. The van der Waals surface area contributed by atoms with Gasteiger partial charge in [0.25, 0.3) is 0 Å². The van der Waals surface area contributed by atoms with Crippen LogP contribution in [0.4, 0.5) is 4.79 Å². The van der Waals surface area contributed by atoms with Crippen molar-refractivity contribution in [2.75, 3.05) is 6.54 Å². The molecule has 0 aliphatic heterocycles. The number of alkyl carbamates (subject to hydrolysis) is 1. The van der Waals surface area contributed by atoms with Gasteiger partial charge in [0.2, 0.25) is 0 Å². The van der Waals surface area contributed by atoms with Crippen molar-refractivity contribution in [3.05, 3.63) is 16.6 Å². The second-order valence-corrected chi connectivity index (χ2v) is 4.89. The molecule has 0 aliphatic rings. The maximum Gasteiger partial charge on any atom is 0.408 e. The number of ether oxygens (including phenoxy) is 1. The molecular weight excluding hydrogens is 224 g/mol. The van der Waals surface area contributed by atoms with Gasteiger partial charge in [0, 0.05) is 11.6 Å². The molecule has 0 aromatic carbocycles. The molecule has 1 amide bonds. The number of nitrogens with one attached hydrogen (secondary N) is 1. The van der Waals surface area contributed by atoms with E-state index in [-0.39, 0.29) is 6.54 Å². The lowest BCUT2D eigenvalue weighted by atomic mass is 10.2. The molecule has 5 heteroatoms. The molecule has 1 aromatic rings. The third-order valence-electron chi connectivity index (χ3n) is 1.35. The molecule has 0 fully saturated rings. The Hall–Kier alpha value is -1.54. The molecule has 0 bridgehead atoms. The maximum atomic E-state index is 11.2. The van der Waals surface area contributed by atoms with Crippen molar-refractivity contribution in [1.29, 1.82) is 0 Å². The smallest absolute Gasteiger partial charge is 0.408 e. The van der Waals surface area contributed by atoms with Crippen LogP contribution in [-0.2, 0) is 4.74 Å². The highest BCUT2D eigenvalue weighted by atomic mass is 32.1. The van der Waals surface area contributed by atoms with E-state index < -0.39 is 11.7 Å². The topological polar surface area (TPSA) is 51.2 Å². The van der Waals surface area contributed by atoms with Crippen LogP contribution in [0.3, 0.4) is 0 Å². The van der Waals surface area contributed by atoms with E-state index in [1.54, 1.807) is 6.20 Å². The molecule has 1 rings (SSSR count). The number of aromatic nitrogens is 1. The predicted molar refractivity (Wildman–Crippen MR) is 63.2 cm³/mol. The third-order valence-corrected chi connectivity index (χ3v) is 2.04. The van der Waals surface area contributed by atoms with Gasteiger partial charge in [0.15, 0.2) is 5.01 Å². The highest BCUT2D eigenvalue weighted by molar-refractivity contribution is 7.10. The Morgan fingerprint density at radius 2 is 2.38 bits per heavy atom. The molecule has 1 aromatic heterocycles. The lowest BCUT2D eigenvalue weighted by molar-refractivity contribution is 0.0535. The summed E-state index contributed by atoms with van der Waals surface area (Å²) < 4.78 is 5.04. The van der Waals surface area contributed by atoms with E-state index in [0.717, 1.165) is 5.01 Å². The van der Waals surface area contributed by atoms with Crippen LogP contribution in [0.15, 0.2) is 11.6 Å². The predicted octanol–water partition coefficient (Wildman–Crippen LogP) is 2.02. The van der Waals surface area contributed by atoms with Crippen LogP contribution in [0.5, 0.6) is 0 Å². The molecule has 0 unspecified atom stereocenters. The standard InChI is InChI=1S/C11H14N2O2S/c1-11(2,3)15-10(14)13-6-4-5-9-12-7-8-16-9/h7-8H,6H2,1-3H3,(H,13,14). The molecule has 16 heavy (non-hydrogen) atoms. The minimum absolute atomic E-state index is 0.258. The largest absolute Gasteiger partial charge is 0.444 e. The molecule has 0 saturated heterocycles. The molecule has 1 heterocycles. The average molecular weight is 238 g/mol. The van der Waals surface area contributed by atoms with Crippen LogP contribution >= 0.6 is 11.3 Å². The van der Waals surface area contributed by atoms with E-state index in [2.05, 4.69) is 22.1 Å². The average Bonchev–Trinajstić information content (AvgIpc) is 2.62. The summed E-state index contributed by atoms with van der Waals surface area (Å²) in [6.45, 7) is 5.70. The highest BCUT2D eigenvalue weighted by Gasteiger charge is 2.14. The lowest BCUT2D eigenvalue weighted by Crippen LogP contribution is -2.32. The van der Waals surface area contributed by atoms with Gasteiger partial charge in [-0.25, -0.2) is 9.78 Å². The second kappa shape index (κ2) is 5.52. The summed E-state index contributed by atoms with van der Waals surface area (Å²) in [6.07, 6.45) is 1.23. The van der Waals surface area contributed by atoms with Gasteiger partial charge in [-0.1, -0.05) is 5.92 Å². The number of hydrogen-bond donors (Lipinski definition) is 1. The number of carbonyl (C=O) groups excluding carboxylic acids is 1. The Kier molecular flexibility index (Phi) is 4.32. The third kappa shape index (κ3) is 5.37. The van der Waals surface area contributed by atoms with E-state index in [4.69, 9.17) is 4.74 Å². The summed E-state index contributed by atoms with van der Waals surface area (Å²) in [5.74, 6) is 5.62. The Morgan fingerprint density at radius 1 is 1.62 bits per heavy atom. The molecule has 86 valence electrons. The SMILES string of the molecule is CC(C)(C)OC(=O)NCC#Cc1nccs1. The zero-order chi connectivity index (χ0) is 12.0. The second-order valence-electron chi connectivity index (χ2n) is 3.99. The number of nitrogens with zero attached hydrogens (tertiary/aromatic N) is 1. The van der Waals surface area contributed by atoms with Crippen molar-refractivity contribution >= 4 is 17.4 Å². The first-order valence-electron chi connectivity index (χ1n) is 4.82. The fourth-order valence-corrected chi connectivity index (χ4v) is 1.34. The van der Waals surface area contributed by atoms with Crippen molar-refractivity contribution in [2.45, 2.75) is 26.4 Å². The molecule has 0 radical (unpaired) electrons. The summed E-state index contributed by atoms with van der Waals surface area (Å²) in [5.41, 5.74) is -0.479. The zero-order valence-corrected chi connectivity index (χ0v) is 10.4. The summed E-state index contributed by atoms with van der Waals surface area (Å²) in [5, 5.41) is 5.14. The Morgan fingerprint density at radius 3 is 2.94 bits per heavy atom. The first kappa shape index (κ1) is 12.5. The molecule has 0 atom stereocenters. The number of amides is 1. The molecular formula is C11H14N2O2S. The van der Waals surface area contributed by atoms with Gasteiger partial charge in [-0.15, -0.1) is 11.3 Å². The molecule has 1 N–H and O–H groups in total. The van der Waals surface area contributed by atoms with Crippen LogP contribution in [0.1, 0.15) is 25.8 Å². The normalized spacial score (nSPS) is 10.2.